The second-order valence-corrected chi connectivity index (χ2v) is 7.04. The van der Waals surface area contributed by atoms with Gasteiger partial charge in [0.05, 0.1) is 35.9 Å². The maximum Gasteiger partial charge on any atom is 0.416 e. The number of carboxylic acids is 1. The molecule has 0 spiro atoms. The Hall–Kier alpha value is -3.25. The largest absolute Gasteiger partial charge is 0.489 e. The predicted molar refractivity (Wildman–Crippen MR) is 102 cm³/mol. The predicted octanol–water partition coefficient (Wildman–Crippen LogP) is 3.60. The first-order valence-corrected chi connectivity index (χ1v) is 9.14. The number of nitriles is 1. The lowest BCUT2D eigenvalue weighted by atomic mass is 10.00. The van der Waals surface area contributed by atoms with E-state index >= 15 is 0 Å². The molecule has 0 radical (unpaired) electrons. The standard InChI is InChI=1S/C21H19F3N2O4/c1-12-18(9-25)17(20(28)29)6-7-19(12)26-10-16(8-14(26)11-27)30-15-4-2-13(3-5-15)21(22,23)24/h2-7,14,16,27H,8,10-11H2,1H3,(H,28,29)/t14-,16-/m0/s1. The number of benzene rings is 2. The van der Waals surface area contributed by atoms with E-state index in [1.807, 2.05) is 11.0 Å². The Kier molecular flexibility index (Phi) is 5.89. The molecule has 0 saturated carbocycles. The van der Waals surface area contributed by atoms with Crippen molar-refractivity contribution in [3.63, 3.8) is 0 Å². The van der Waals surface area contributed by atoms with Crippen LogP contribution in [0.1, 0.15) is 33.5 Å². The number of aromatic carboxylic acids is 1. The number of alkyl halides is 3. The van der Waals surface area contributed by atoms with Crippen LogP contribution in [-0.4, -0.2) is 41.5 Å². The second kappa shape index (κ2) is 8.24. The van der Waals surface area contributed by atoms with Crippen LogP contribution in [0.15, 0.2) is 36.4 Å². The molecule has 2 aromatic carbocycles. The number of hydrogen-bond donors (Lipinski definition) is 2. The first-order chi connectivity index (χ1) is 14.2. The van der Waals surface area contributed by atoms with Crippen LogP contribution < -0.4 is 9.64 Å². The van der Waals surface area contributed by atoms with Crippen LogP contribution in [0.2, 0.25) is 0 Å². The zero-order chi connectivity index (χ0) is 22.1. The summed E-state index contributed by atoms with van der Waals surface area (Å²) in [7, 11) is 0. The smallest absolute Gasteiger partial charge is 0.416 e. The minimum atomic E-state index is -4.43. The van der Waals surface area contributed by atoms with E-state index in [9.17, 15) is 33.4 Å². The van der Waals surface area contributed by atoms with E-state index in [1.54, 1.807) is 13.0 Å². The highest BCUT2D eigenvalue weighted by molar-refractivity contribution is 5.92. The normalized spacial score (nSPS) is 18.9. The number of halogens is 3. The van der Waals surface area contributed by atoms with Gasteiger partial charge in [-0.05, 0) is 48.9 Å². The molecule has 0 bridgehead atoms. The number of carboxylic acid groups (broad SMARTS) is 1. The topological polar surface area (TPSA) is 93.8 Å². The molecule has 3 rings (SSSR count). The summed E-state index contributed by atoms with van der Waals surface area (Å²) >= 11 is 0. The van der Waals surface area contributed by atoms with Crippen LogP contribution in [0, 0.1) is 18.3 Å². The van der Waals surface area contributed by atoms with E-state index in [0.29, 0.717) is 24.2 Å². The first-order valence-electron chi connectivity index (χ1n) is 9.14. The molecule has 1 fully saturated rings. The molecule has 2 aromatic rings. The van der Waals surface area contributed by atoms with Crippen molar-refractivity contribution in [3.8, 4) is 11.8 Å². The fourth-order valence-corrected chi connectivity index (χ4v) is 3.68. The SMILES string of the molecule is Cc1c(N2C[C@@H](Oc3ccc(C(F)(F)F)cc3)C[C@H]2CO)ccc(C(=O)O)c1C#N. The maximum absolute atomic E-state index is 12.7. The lowest BCUT2D eigenvalue weighted by molar-refractivity contribution is -0.137. The summed E-state index contributed by atoms with van der Waals surface area (Å²) in [6, 6.07) is 8.90. The molecular formula is C21H19F3N2O4. The molecule has 1 aliphatic rings. The molecule has 0 unspecified atom stereocenters. The highest BCUT2D eigenvalue weighted by Crippen LogP contribution is 2.34. The number of carbonyl (C=O) groups is 1. The molecule has 158 valence electrons. The van der Waals surface area contributed by atoms with E-state index in [-0.39, 0.29) is 29.5 Å². The van der Waals surface area contributed by atoms with Crippen molar-refractivity contribution in [2.24, 2.45) is 0 Å². The first kappa shape index (κ1) is 21.5. The Morgan fingerprint density at radius 1 is 1.27 bits per heavy atom. The van der Waals surface area contributed by atoms with Gasteiger partial charge in [0, 0.05) is 12.1 Å². The molecule has 1 saturated heterocycles. The summed E-state index contributed by atoms with van der Waals surface area (Å²) in [5, 5.41) is 28.4. The molecule has 1 heterocycles. The van der Waals surface area contributed by atoms with Crippen LogP contribution in [-0.2, 0) is 6.18 Å². The summed E-state index contributed by atoms with van der Waals surface area (Å²) < 4.78 is 43.9. The summed E-state index contributed by atoms with van der Waals surface area (Å²) in [5.41, 5.74) is 0.259. The number of aliphatic hydroxyl groups is 1. The van der Waals surface area contributed by atoms with Crippen molar-refractivity contribution < 1.29 is 32.9 Å². The number of hydrogen-bond acceptors (Lipinski definition) is 5. The number of anilines is 1. The summed E-state index contributed by atoms with van der Waals surface area (Å²) in [5.74, 6) is -0.924. The number of ether oxygens (including phenoxy) is 1. The fourth-order valence-electron chi connectivity index (χ4n) is 3.68. The zero-order valence-electron chi connectivity index (χ0n) is 16.0. The van der Waals surface area contributed by atoms with Gasteiger partial charge < -0.3 is 19.8 Å². The Labute approximate surface area is 170 Å². The lowest BCUT2D eigenvalue weighted by Crippen LogP contribution is -2.33. The van der Waals surface area contributed by atoms with Gasteiger partial charge in [0.1, 0.15) is 17.9 Å². The maximum atomic E-state index is 12.7. The van der Waals surface area contributed by atoms with Crippen molar-refractivity contribution >= 4 is 11.7 Å². The van der Waals surface area contributed by atoms with E-state index in [1.165, 1.54) is 18.2 Å². The Balaban J connectivity index is 1.82. The van der Waals surface area contributed by atoms with Crippen LogP contribution >= 0.6 is 0 Å². The van der Waals surface area contributed by atoms with Crippen molar-refractivity contribution in [2.45, 2.75) is 31.7 Å². The highest BCUT2D eigenvalue weighted by Gasteiger charge is 2.35. The molecule has 0 aliphatic carbocycles. The molecule has 2 atom stereocenters. The molecule has 6 nitrogen and oxygen atoms in total. The summed E-state index contributed by atoms with van der Waals surface area (Å²) in [6.45, 7) is 1.76. The van der Waals surface area contributed by atoms with Gasteiger partial charge in [0.15, 0.2) is 0 Å². The third-order valence-electron chi connectivity index (χ3n) is 5.16. The number of aliphatic hydroxyl groups excluding tert-OH is 1. The zero-order valence-corrected chi connectivity index (χ0v) is 16.0. The van der Waals surface area contributed by atoms with Gasteiger partial charge in [0.2, 0.25) is 0 Å². The molecular weight excluding hydrogens is 401 g/mol. The Morgan fingerprint density at radius 2 is 1.93 bits per heavy atom. The van der Waals surface area contributed by atoms with Crippen molar-refractivity contribution in [2.75, 3.05) is 18.1 Å². The van der Waals surface area contributed by atoms with Crippen molar-refractivity contribution in [3.05, 3.63) is 58.7 Å². The summed E-state index contributed by atoms with van der Waals surface area (Å²) in [4.78, 5) is 13.2. The van der Waals surface area contributed by atoms with Gasteiger partial charge in [-0.1, -0.05) is 0 Å². The van der Waals surface area contributed by atoms with Gasteiger partial charge in [-0.15, -0.1) is 0 Å². The van der Waals surface area contributed by atoms with Crippen LogP contribution in [0.5, 0.6) is 5.75 Å². The van der Waals surface area contributed by atoms with Gasteiger partial charge >= 0.3 is 12.1 Å². The molecule has 9 heteroatoms. The number of rotatable bonds is 5. The molecule has 30 heavy (non-hydrogen) atoms. The monoisotopic (exact) mass is 420 g/mol. The van der Waals surface area contributed by atoms with Gasteiger partial charge in [-0.3, -0.25) is 0 Å². The van der Waals surface area contributed by atoms with Crippen LogP contribution in [0.3, 0.4) is 0 Å². The quantitative estimate of drug-likeness (QED) is 0.768. The van der Waals surface area contributed by atoms with E-state index in [2.05, 4.69) is 0 Å². The molecule has 0 aromatic heterocycles. The van der Waals surface area contributed by atoms with Gasteiger partial charge in [-0.25, -0.2) is 4.79 Å². The Morgan fingerprint density at radius 3 is 2.47 bits per heavy atom. The third-order valence-corrected chi connectivity index (χ3v) is 5.16. The molecule has 2 N–H and O–H groups in total. The average Bonchev–Trinajstić information content (AvgIpc) is 3.09. The molecule has 0 amide bonds. The minimum absolute atomic E-state index is 0.0452. The van der Waals surface area contributed by atoms with E-state index < -0.39 is 23.8 Å². The van der Waals surface area contributed by atoms with Crippen LogP contribution in [0.25, 0.3) is 0 Å². The Bertz CT molecular complexity index is 983. The number of nitrogens with zero attached hydrogens (tertiary/aromatic N) is 2. The van der Waals surface area contributed by atoms with Gasteiger partial charge in [0.25, 0.3) is 0 Å². The molecule has 1 aliphatic heterocycles. The van der Waals surface area contributed by atoms with Crippen molar-refractivity contribution in [1.82, 2.24) is 0 Å². The van der Waals surface area contributed by atoms with Crippen LogP contribution in [0.4, 0.5) is 18.9 Å². The fraction of sp³-hybridized carbons (Fsp3) is 0.333. The van der Waals surface area contributed by atoms with E-state index in [4.69, 9.17) is 4.74 Å². The van der Waals surface area contributed by atoms with Gasteiger partial charge in [-0.2, -0.15) is 18.4 Å². The lowest BCUT2D eigenvalue weighted by Gasteiger charge is -2.27. The minimum Gasteiger partial charge on any atom is -0.489 e. The average molecular weight is 420 g/mol. The highest BCUT2D eigenvalue weighted by atomic mass is 19.4. The summed E-state index contributed by atoms with van der Waals surface area (Å²) in [6.07, 6.45) is -4.41. The van der Waals surface area contributed by atoms with E-state index in [0.717, 1.165) is 12.1 Å². The van der Waals surface area contributed by atoms with Crippen molar-refractivity contribution in [1.29, 1.82) is 5.26 Å². The third kappa shape index (κ3) is 4.19. The second-order valence-electron chi connectivity index (χ2n) is 7.04.